The number of nitrogens with zero attached hydrogens (tertiary/aromatic N) is 2. The Kier molecular flexibility index (Phi) is 8.65. The highest BCUT2D eigenvalue weighted by atomic mass is 35.5. The van der Waals surface area contributed by atoms with E-state index in [9.17, 15) is 14.0 Å². The second-order valence-corrected chi connectivity index (χ2v) is 5.84. The maximum atomic E-state index is 12.8. The molecule has 6 nitrogen and oxygen atoms in total. The molecule has 1 aromatic rings. The molecule has 1 unspecified atom stereocenters. The molecule has 1 heterocycles. The highest BCUT2D eigenvalue weighted by Crippen LogP contribution is 2.12. The van der Waals surface area contributed by atoms with E-state index < -0.39 is 6.04 Å². The van der Waals surface area contributed by atoms with Gasteiger partial charge in [-0.2, -0.15) is 0 Å². The van der Waals surface area contributed by atoms with Crippen LogP contribution in [0, 0.1) is 5.82 Å². The zero-order chi connectivity index (χ0) is 17.5. The van der Waals surface area contributed by atoms with E-state index >= 15 is 0 Å². The molecule has 25 heavy (non-hydrogen) atoms. The third kappa shape index (κ3) is 6.17. The molecule has 0 aliphatic carbocycles. The molecule has 1 aliphatic heterocycles. The fraction of sp³-hybridized carbons (Fsp3) is 0.529. The Labute approximate surface area is 153 Å². The van der Waals surface area contributed by atoms with E-state index in [1.165, 1.54) is 24.3 Å². The van der Waals surface area contributed by atoms with E-state index in [1.54, 1.807) is 9.80 Å². The normalized spacial score (nSPS) is 15.3. The summed E-state index contributed by atoms with van der Waals surface area (Å²) in [7, 11) is 0. The van der Waals surface area contributed by atoms with Gasteiger partial charge in [0.25, 0.3) is 5.91 Å². The number of nitrogens with two attached hydrogens (primary N) is 1. The average Bonchev–Trinajstić information content (AvgIpc) is 2.60. The molecule has 1 aromatic carbocycles. The van der Waals surface area contributed by atoms with Crippen LogP contribution in [0.15, 0.2) is 24.3 Å². The Morgan fingerprint density at radius 1 is 1.16 bits per heavy atom. The summed E-state index contributed by atoms with van der Waals surface area (Å²) >= 11 is 0. The lowest BCUT2D eigenvalue weighted by Gasteiger charge is -2.35. The van der Waals surface area contributed by atoms with Gasteiger partial charge in [-0.3, -0.25) is 9.59 Å². The Morgan fingerprint density at radius 3 is 2.28 bits per heavy atom. The van der Waals surface area contributed by atoms with Gasteiger partial charge in [-0.25, -0.2) is 4.39 Å². The zero-order valence-corrected chi connectivity index (χ0v) is 15.1. The molecular weight excluding hydrogens is 349 g/mol. The van der Waals surface area contributed by atoms with Crippen molar-refractivity contribution >= 4 is 24.2 Å². The number of carbonyl (C=O) groups is 2. The minimum Gasteiger partial charge on any atom is -0.484 e. The van der Waals surface area contributed by atoms with Crippen molar-refractivity contribution in [2.75, 3.05) is 32.8 Å². The molecule has 140 valence electrons. The van der Waals surface area contributed by atoms with Crippen LogP contribution in [-0.4, -0.2) is 60.4 Å². The molecular formula is C17H25ClFN3O3. The minimum atomic E-state index is -0.459. The van der Waals surface area contributed by atoms with Crippen LogP contribution in [0.2, 0.25) is 0 Å². The molecule has 0 bridgehead atoms. The van der Waals surface area contributed by atoms with E-state index in [4.69, 9.17) is 10.5 Å². The topological polar surface area (TPSA) is 75.9 Å². The van der Waals surface area contributed by atoms with Crippen LogP contribution in [0.25, 0.3) is 0 Å². The van der Waals surface area contributed by atoms with Gasteiger partial charge in [-0.15, -0.1) is 12.4 Å². The molecule has 1 fully saturated rings. The number of piperazine rings is 1. The van der Waals surface area contributed by atoms with Crippen LogP contribution in [0.3, 0.4) is 0 Å². The summed E-state index contributed by atoms with van der Waals surface area (Å²) < 4.78 is 18.2. The summed E-state index contributed by atoms with van der Waals surface area (Å²) in [6, 6.07) is 5.06. The third-order valence-corrected chi connectivity index (χ3v) is 4.04. The highest BCUT2D eigenvalue weighted by molar-refractivity contribution is 5.85. The number of ether oxygens (including phenoxy) is 1. The molecule has 0 saturated carbocycles. The van der Waals surface area contributed by atoms with Crippen molar-refractivity contribution in [1.82, 2.24) is 9.80 Å². The number of hydrogen-bond donors (Lipinski definition) is 1. The third-order valence-electron chi connectivity index (χ3n) is 4.04. The highest BCUT2D eigenvalue weighted by Gasteiger charge is 2.26. The second-order valence-electron chi connectivity index (χ2n) is 5.84. The maximum Gasteiger partial charge on any atom is 0.260 e. The van der Waals surface area contributed by atoms with Gasteiger partial charge < -0.3 is 20.3 Å². The number of carbonyl (C=O) groups excluding carboxylic acids is 2. The Morgan fingerprint density at radius 2 is 1.72 bits per heavy atom. The van der Waals surface area contributed by atoms with Crippen molar-refractivity contribution in [3.05, 3.63) is 30.1 Å². The summed E-state index contributed by atoms with van der Waals surface area (Å²) in [4.78, 5) is 27.7. The molecule has 2 rings (SSSR count). The first-order chi connectivity index (χ1) is 11.5. The molecule has 0 aromatic heterocycles. The molecule has 2 N–H and O–H groups in total. The first-order valence-corrected chi connectivity index (χ1v) is 8.21. The minimum absolute atomic E-state index is 0. The van der Waals surface area contributed by atoms with E-state index in [0.717, 1.165) is 6.42 Å². The smallest absolute Gasteiger partial charge is 0.260 e. The predicted molar refractivity (Wildman–Crippen MR) is 95.2 cm³/mol. The molecule has 0 spiro atoms. The fourth-order valence-corrected chi connectivity index (χ4v) is 2.61. The Balaban J connectivity index is 0.00000312. The van der Waals surface area contributed by atoms with Gasteiger partial charge in [0.15, 0.2) is 6.61 Å². The van der Waals surface area contributed by atoms with E-state index in [-0.39, 0.29) is 36.6 Å². The number of halogens is 2. The van der Waals surface area contributed by atoms with Crippen molar-refractivity contribution < 1.29 is 18.7 Å². The second kappa shape index (κ2) is 10.2. The van der Waals surface area contributed by atoms with Crippen molar-refractivity contribution in [2.24, 2.45) is 5.73 Å². The molecule has 1 aliphatic rings. The van der Waals surface area contributed by atoms with Gasteiger partial charge in [0.1, 0.15) is 11.6 Å². The first kappa shape index (κ1) is 21.2. The SMILES string of the molecule is CCCC(N)C(=O)N1CCN(C(=O)COc2ccc(F)cc2)CC1.Cl. The van der Waals surface area contributed by atoms with Crippen molar-refractivity contribution in [3.8, 4) is 5.75 Å². The maximum absolute atomic E-state index is 12.8. The summed E-state index contributed by atoms with van der Waals surface area (Å²) in [5, 5.41) is 0. The monoisotopic (exact) mass is 373 g/mol. The summed E-state index contributed by atoms with van der Waals surface area (Å²) in [5.41, 5.74) is 5.86. The standard InChI is InChI=1S/C17H24FN3O3.ClH/c1-2-3-15(19)17(23)21-10-8-20(9-11-21)16(22)12-24-14-6-4-13(18)5-7-14;/h4-7,15H,2-3,8-12,19H2,1H3;1H. The van der Waals surface area contributed by atoms with E-state index in [0.29, 0.717) is 38.3 Å². The van der Waals surface area contributed by atoms with Gasteiger partial charge in [-0.05, 0) is 30.7 Å². The number of rotatable bonds is 6. The fourth-order valence-electron chi connectivity index (χ4n) is 2.61. The van der Waals surface area contributed by atoms with Crippen LogP contribution in [0.1, 0.15) is 19.8 Å². The van der Waals surface area contributed by atoms with Crippen LogP contribution in [0.5, 0.6) is 5.75 Å². The lowest BCUT2D eigenvalue weighted by molar-refractivity contribution is -0.141. The van der Waals surface area contributed by atoms with Crippen LogP contribution < -0.4 is 10.5 Å². The molecule has 1 atom stereocenters. The van der Waals surface area contributed by atoms with Crippen molar-refractivity contribution in [1.29, 1.82) is 0 Å². The first-order valence-electron chi connectivity index (χ1n) is 8.21. The van der Waals surface area contributed by atoms with Crippen molar-refractivity contribution in [3.63, 3.8) is 0 Å². The van der Waals surface area contributed by atoms with Gasteiger partial charge in [0.2, 0.25) is 5.91 Å². The quantitative estimate of drug-likeness (QED) is 0.818. The Bertz CT molecular complexity index is 563. The van der Waals surface area contributed by atoms with E-state index in [2.05, 4.69) is 0 Å². The molecule has 1 saturated heterocycles. The van der Waals surface area contributed by atoms with Gasteiger partial charge in [-0.1, -0.05) is 13.3 Å². The van der Waals surface area contributed by atoms with Crippen LogP contribution in [0.4, 0.5) is 4.39 Å². The Hall–Kier alpha value is -1.86. The number of amides is 2. The summed E-state index contributed by atoms with van der Waals surface area (Å²) in [6.45, 7) is 3.79. The largest absolute Gasteiger partial charge is 0.484 e. The number of benzene rings is 1. The van der Waals surface area contributed by atoms with Crippen LogP contribution in [-0.2, 0) is 9.59 Å². The predicted octanol–water partition coefficient (Wildman–Crippen LogP) is 1.42. The van der Waals surface area contributed by atoms with Gasteiger partial charge >= 0.3 is 0 Å². The molecule has 8 heteroatoms. The lowest BCUT2D eigenvalue weighted by Crippen LogP contribution is -2.54. The van der Waals surface area contributed by atoms with Crippen molar-refractivity contribution in [2.45, 2.75) is 25.8 Å². The van der Waals surface area contributed by atoms with Gasteiger partial charge in [0, 0.05) is 26.2 Å². The van der Waals surface area contributed by atoms with Gasteiger partial charge in [0.05, 0.1) is 6.04 Å². The summed E-state index contributed by atoms with van der Waals surface area (Å²) in [5.74, 6) is -0.101. The lowest BCUT2D eigenvalue weighted by atomic mass is 10.1. The number of hydrogen-bond acceptors (Lipinski definition) is 4. The molecule has 2 amide bonds. The zero-order valence-electron chi connectivity index (χ0n) is 14.3. The van der Waals surface area contributed by atoms with E-state index in [1.807, 2.05) is 6.92 Å². The van der Waals surface area contributed by atoms with Crippen LogP contribution >= 0.6 is 12.4 Å². The molecule has 0 radical (unpaired) electrons. The summed E-state index contributed by atoms with van der Waals surface area (Å²) in [6.07, 6.45) is 1.54. The average molecular weight is 374 g/mol.